The van der Waals surface area contributed by atoms with Gasteiger partial charge in [-0.2, -0.15) is 0 Å². The second kappa shape index (κ2) is 11.2. The highest BCUT2D eigenvalue weighted by atomic mass is 32.1. The minimum absolute atomic E-state index is 0.0497. The predicted molar refractivity (Wildman–Crippen MR) is 146 cm³/mol. The third-order valence-electron chi connectivity index (χ3n) is 5.93. The number of carbonyl (C=O) groups excluding carboxylic acids is 1. The maximum absolute atomic E-state index is 12.6. The van der Waals surface area contributed by atoms with Crippen LogP contribution in [0.5, 0.6) is 5.75 Å². The van der Waals surface area contributed by atoms with Crippen LogP contribution in [0.25, 0.3) is 22.6 Å². The molecular formula is C27H26N4O5S. The van der Waals surface area contributed by atoms with Crippen LogP contribution in [0.2, 0.25) is 0 Å². The first-order valence-electron chi connectivity index (χ1n) is 11.8. The Kier molecular flexibility index (Phi) is 7.78. The Morgan fingerprint density at radius 1 is 1.14 bits per heavy atom. The number of thiocarbonyl (C=S) groups is 1. The van der Waals surface area contributed by atoms with E-state index in [1.807, 2.05) is 18.2 Å². The van der Waals surface area contributed by atoms with Crippen molar-refractivity contribution in [3.05, 3.63) is 81.9 Å². The van der Waals surface area contributed by atoms with Gasteiger partial charge in [0.1, 0.15) is 5.52 Å². The Morgan fingerprint density at radius 2 is 1.89 bits per heavy atom. The van der Waals surface area contributed by atoms with Crippen LogP contribution in [0.1, 0.15) is 49.0 Å². The van der Waals surface area contributed by atoms with E-state index in [0.717, 1.165) is 29.2 Å². The molecule has 0 saturated heterocycles. The highest BCUT2D eigenvalue weighted by Gasteiger charge is 2.19. The molecule has 1 atom stereocenters. The van der Waals surface area contributed by atoms with E-state index in [9.17, 15) is 14.9 Å². The highest BCUT2D eigenvalue weighted by molar-refractivity contribution is 7.80. The molecule has 0 unspecified atom stereocenters. The number of nitrogens with one attached hydrogen (secondary N) is 2. The number of nitro benzene ring substituents is 1. The van der Waals surface area contributed by atoms with Crippen LogP contribution >= 0.6 is 12.2 Å². The standard InChI is InChI=1S/C27H26N4O5S/c1-4-16(3)18-8-12-23-21(14-18)29-26(36-23)17-6-10-20(11-7-17)28-27(37)30-25(32)19-9-13-24(35-5-2)22(15-19)31(33)34/h6-16H,4-5H2,1-3H3,(H2,28,30,32,37)/t16-/m1/s1. The van der Waals surface area contributed by atoms with Crippen molar-refractivity contribution in [2.45, 2.75) is 33.1 Å². The van der Waals surface area contributed by atoms with Gasteiger partial charge in [-0.05, 0) is 85.6 Å². The minimum atomic E-state index is -0.596. The largest absolute Gasteiger partial charge is 0.487 e. The van der Waals surface area contributed by atoms with Gasteiger partial charge >= 0.3 is 5.69 Å². The average molecular weight is 519 g/mol. The number of rotatable bonds is 8. The maximum atomic E-state index is 12.6. The summed E-state index contributed by atoms with van der Waals surface area (Å²) in [6.45, 7) is 6.33. The van der Waals surface area contributed by atoms with E-state index in [0.29, 0.717) is 17.5 Å². The van der Waals surface area contributed by atoms with E-state index in [-0.39, 0.29) is 28.7 Å². The van der Waals surface area contributed by atoms with Gasteiger partial charge in [-0.25, -0.2) is 4.98 Å². The number of nitrogens with zero attached hydrogens (tertiary/aromatic N) is 2. The number of aromatic nitrogens is 1. The number of hydrogen-bond acceptors (Lipinski definition) is 7. The van der Waals surface area contributed by atoms with Crippen molar-refractivity contribution in [1.82, 2.24) is 10.3 Å². The predicted octanol–water partition coefficient (Wildman–Crippen LogP) is 6.44. The van der Waals surface area contributed by atoms with Gasteiger partial charge in [0, 0.05) is 22.9 Å². The van der Waals surface area contributed by atoms with Crippen LogP contribution in [-0.2, 0) is 0 Å². The minimum Gasteiger partial charge on any atom is -0.487 e. The van der Waals surface area contributed by atoms with Gasteiger partial charge in [0.15, 0.2) is 16.4 Å². The molecule has 1 heterocycles. The third-order valence-corrected chi connectivity index (χ3v) is 6.13. The first-order chi connectivity index (χ1) is 17.8. The number of hydrogen-bond donors (Lipinski definition) is 2. The fourth-order valence-electron chi connectivity index (χ4n) is 3.72. The van der Waals surface area contributed by atoms with Crippen LogP contribution in [0.4, 0.5) is 11.4 Å². The number of oxazole rings is 1. The van der Waals surface area contributed by atoms with Crippen LogP contribution < -0.4 is 15.4 Å². The molecule has 3 aromatic carbocycles. The number of nitro groups is 1. The molecule has 4 rings (SSSR count). The molecule has 37 heavy (non-hydrogen) atoms. The number of fused-ring (bicyclic) bond motifs is 1. The van der Waals surface area contributed by atoms with Crippen molar-refractivity contribution in [2.24, 2.45) is 0 Å². The molecule has 0 radical (unpaired) electrons. The summed E-state index contributed by atoms with van der Waals surface area (Å²) in [7, 11) is 0. The van der Waals surface area contributed by atoms with Gasteiger partial charge < -0.3 is 14.5 Å². The zero-order valence-electron chi connectivity index (χ0n) is 20.6. The van der Waals surface area contributed by atoms with E-state index in [2.05, 4.69) is 41.6 Å². The summed E-state index contributed by atoms with van der Waals surface area (Å²) in [5, 5.41) is 16.8. The Morgan fingerprint density at radius 3 is 2.57 bits per heavy atom. The molecule has 1 aromatic heterocycles. The molecule has 0 fully saturated rings. The summed E-state index contributed by atoms with van der Waals surface area (Å²) in [6.07, 6.45) is 1.05. The van der Waals surface area contributed by atoms with Crippen LogP contribution in [0.3, 0.4) is 0 Å². The Hall–Kier alpha value is -4.31. The highest BCUT2D eigenvalue weighted by Crippen LogP contribution is 2.29. The number of benzene rings is 3. The van der Waals surface area contributed by atoms with Crippen LogP contribution in [0.15, 0.2) is 65.1 Å². The summed E-state index contributed by atoms with van der Waals surface area (Å²) in [4.78, 5) is 27.9. The summed E-state index contributed by atoms with van der Waals surface area (Å²) in [5.74, 6) is 0.475. The van der Waals surface area contributed by atoms with Gasteiger partial charge in [0.05, 0.1) is 11.5 Å². The lowest BCUT2D eigenvalue weighted by Crippen LogP contribution is -2.34. The van der Waals surface area contributed by atoms with Crippen LogP contribution in [0, 0.1) is 10.1 Å². The zero-order chi connectivity index (χ0) is 26.5. The quantitative estimate of drug-likeness (QED) is 0.155. The number of carbonyl (C=O) groups is 1. The molecule has 190 valence electrons. The number of amides is 1. The fourth-order valence-corrected chi connectivity index (χ4v) is 3.93. The smallest absolute Gasteiger partial charge is 0.311 e. The summed E-state index contributed by atoms with van der Waals surface area (Å²) < 4.78 is 11.2. The maximum Gasteiger partial charge on any atom is 0.311 e. The normalized spacial score (nSPS) is 11.6. The average Bonchev–Trinajstić information content (AvgIpc) is 3.32. The molecule has 4 aromatic rings. The van der Waals surface area contributed by atoms with E-state index in [4.69, 9.17) is 21.4 Å². The molecule has 9 nitrogen and oxygen atoms in total. The van der Waals surface area contributed by atoms with E-state index >= 15 is 0 Å². The van der Waals surface area contributed by atoms with Crippen molar-refractivity contribution >= 4 is 45.7 Å². The molecule has 10 heteroatoms. The SMILES string of the molecule is CCOc1ccc(C(=O)NC(=S)Nc2ccc(-c3nc4cc([C@H](C)CC)ccc4o3)cc2)cc1[N+](=O)[O-]. The second-order valence-electron chi connectivity index (χ2n) is 8.41. The van der Waals surface area contributed by atoms with Crippen molar-refractivity contribution in [3.63, 3.8) is 0 Å². The topological polar surface area (TPSA) is 120 Å². The Labute approximate surface area is 219 Å². The van der Waals surface area contributed by atoms with Crippen molar-refractivity contribution < 1.29 is 18.9 Å². The number of ether oxygens (including phenoxy) is 1. The summed E-state index contributed by atoms with van der Waals surface area (Å²) >= 11 is 5.24. The Bertz CT molecular complexity index is 1470. The van der Waals surface area contributed by atoms with E-state index in [1.165, 1.54) is 17.7 Å². The molecule has 0 aliphatic rings. The molecule has 0 saturated carbocycles. The summed E-state index contributed by atoms with van der Waals surface area (Å²) in [6, 6.07) is 17.3. The van der Waals surface area contributed by atoms with Gasteiger partial charge in [0.2, 0.25) is 5.89 Å². The molecule has 0 aliphatic heterocycles. The van der Waals surface area contributed by atoms with Gasteiger partial charge in [0.25, 0.3) is 5.91 Å². The van der Waals surface area contributed by atoms with Gasteiger partial charge in [-0.15, -0.1) is 0 Å². The molecule has 0 aliphatic carbocycles. The third kappa shape index (κ3) is 5.92. The lowest BCUT2D eigenvalue weighted by molar-refractivity contribution is -0.385. The van der Waals surface area contributed by atoms with E-state index < -0.39 is 10.8 Å². The lowest BCUT2D eigenvalue weighted by atomic mass is 9.98. The Balaban J connectivity index is 1.42. The monoisotopic (exact) mass is 518 g/mol. The van der Waals surface area contributed by atoms with Crippen molar-refractivity contribution in [1.29, 1.82) is 0 Å². The molecule has 1 amide bonds. The second-order valence-corrected chi connectivity index (χ2v) is 8.82. The van der Waals surface area contributed by atoms with Crippen molar-refractivity contribution in [3.8, 4) is 17.2 Å². The zero-order valence-corrected chi connectivity index (χ0v) is 21.4. The lowest BCUT2D eigenvalue weighted by Gasteiger charge is -2.10. The molecule has 0 bridgehead atoms. The molecule has 0 spiro atoms. The first-order valence-corrected chi connectivity index (χ1v) is 12.2. The van der Waals surface area contributed by atoms with Gasteiger partial charge in [-0.1, -0.05) is 19.9 Å². The number of anilines is 1. The van der Waals surface area contributed by atoms with Gasteiger partial charge in [-0.3, -0.25) is 20.2 Å². The fraction of sp³-hybridized carbons (Fsp3) is 0.222. The molecule has 2 N–H and O–H groups in total. The van der Waals surface area contributed by atoms with Crippen molar-refractivity contribution in [2.75, 3.05) is 11.9 Å². The van der Waals surface area contributed by atoms with E-state index in [1.54, 1.807) is 19.1 Å². The molecular weight excluding hydrogens is 492 g/mol. The summed E-state index contributed by atoms with van der Waals surface area (Å²) in [5.41, 5.74) is 3.99. The van der Waals surface area contributed by atoms with Crippen LogP contribution in [-0.4, -0.2) is 27.5 Å². The first kappa shape index (κ1) is 25.8.